The van der Waals surface area contributed by atoms with Crippen molar-refractivity contribution in [1.82, 2.24) is 39.3 Å². The number of halogens is 5. The first-order valence-electron chi connectivity index (χ1n) is 30.7. The number of nitrogens with zero attached hydrogens (tertiary/aromatic N) is 7. The van der Waals surface area contributed by atoms with Gasteiger partial charge in [0.15, 0.2) is 21.1 Å². The normalized spacial score (nSPS) is 15.2. The number of sulfonamides is 1. The van der Waals surface area contributed by atoms with Gasteiger partial charge in [0.05, 0.1) is 69.9 Å². The Bertz CT molecular complexity index is 5220. The van der Waals surface area contributed by atoms with E-state index in [1.807, 2.05) is 106 Å². The van der Waals surface area contributed by atoms with E-state index in [-0.39, 0.29) is 54.5 Å². The molecular weight excluding hydrogens is 1430 g/mol. The van der Waals surface area contributed by atoms with Gasteiger partial charge >= 0.3 is 14.2 Å². The molecule has 528 valence electrons. The molecule has 2 aliphatic rings. The van der Waals surface area contributed by atoms with Crippen molar-refractivity contribution in [3.8, 4) is 11.3 Å². The number of hydrogen-bond acceptors (Lipinski definition) is 19. The predicted octanol–water partition coefficient (Wildman–Crippen LogP) is 12.0. The van der Waals surface area contributed by atoms with E-state index in [0.29, 0.717) is 33.7 Å². The molecule has 4 aromatic heterocycles. The lowest BCUT2D eigenvalue weighted by Gasteiger charge is -2.32. The van der Waals surface area contributed by atoms with Crippen molar-refractivity contribution in [2.24, 2.45) is 0 Å². The lowest BCUT2D eigenvalue weighted by Crippen LogP contribution is -2.41. The summed E-state index contributed by atoms with van der Waals surface area (Å²) in [6, 6.07) is 41.9. The highest BCUT2D eigenvalue weighted by atomic mass is 35.7. The Kier molecular flexibility index (Phi) is 22.8. The molecule has 2 aliphatic heterocycles. The van der Waals surface area contributed by atoms with Crippen LogP contribution in [0.3, 0.4) is 0 Å². The number of aromatic amines is 1. The molecule has 4 N–H and O–H groups in total. The van der Waals surface area contributed by atoms with Gasteiger partial charge in [-0.3, -0.25) is 9.82 Å². The first-order chi connectivity index (χ1) is 47.2. The number of nitrogens with one attached hydrogen (secondary N) is 2. The summed E-state index contributed by atoms with van der Waals surface area (Å²) >= 11 is 5.99. The predicted molar refractivity (Wildman–Crippen MR) is 383 cm³/mol. The topological polar surface area (TPSA) is 310 Å². The van der Waals surface area contributed by atoms with Gasteiger partial charge in [-0.15, -0.1) is 4.09 Å². The minimum Gasteiger partial charge on any atom is -0.399 e. The Hall–Kier alpha value is -8.62. The Morgan fingerprint density at radius 1 is 0.535 bits per heavy atom. The van der Waals surface area contributed by atoms with E-state index in [4.69, 9.17) is 46.6 Å². The van der Waals surface area contributed by atoms with Gasteiger partial charge in [-0.25, -0.2) is 58.4 Å². The van der Waals surface area contributed by atoms with Crippen molar-refractivity contribution < 1.29 is 65.5 Å². The zero-order valence-electron chi connectivity index (χ0n) is 56.3. The second-order valence-corrected chi connectivity index (χ2v) is 33.6. The highest BCUT2D eigenvalue weighted by molar-refractivity contribution is 8.13. The minimum absolute atomic E-state index is 0.0143. The van der Waals surface area contributed by atoms with Gasteiger partial charge in [0.2, 0.25) is 0 Å². The van der Waals surface area contributed by atoms with Gasteiger partial charge in [-0.1, -0.05) is 77.8 Å². The summed E-state index contributed by atoms with van der Waals surface area (Å²) in [5, 5.41) is 12.5. The van der Waals surface area contributed by atoms with Crippen LogP contribution in [0.15, 0.2) is 202 Å². The summed E-state index contributed by atoms with van der Waals surface area (Å²) in [7, 11) is -10.7. The molecule has 0 saturated carbocycles. The summed E-state index contributed by atoms with van der Waals surface area (Å²) in [6.45, 7) is 21.5. The second kappa shape index (κ2) is 30.1. The minimum atomic E-state index is -3.82. The fraction of sp³-hybridized carbons (Fsp3) is 0.235. The van der Waals surface area contributed by atoms with Crippen molar-refractivity contribution in [1.29, 1.82) is 0 Å². The van der Waals surface area contributed by atoms with Crippen LogP contribution in [0, 0.1) is 38.2 Å². The average Bonchev–Trinajstić information content (AvgIpc) is 1.64. The Morgan fingerprint density at radius 3 is 1.47 bits per heavy atom. The first-order valence-corrected chi connectivity index (χ1v) is 38.0. The third kappa shape index (κ3) is 18.2. The van der Waals surface area contributed by atoms with Gasteiger partial charge < -0.3 is 24.4 Å². The number of nitrogen functional groups attached to an aromatic ring is 1. The van der Waals surface area contributed by atoms with Crippen molar-refractivity contribution in [3.05, 3.63) is 228 Å². The summed E-state index contributed by atoms with van der Waals surface area (Å²) < 4.78 is 162. The molecule has 2 saturated heterocycles. The third-order valence-electron chi connectivity index (χ3n) is 16.8. The molecule has 0 radical (unpaired) electrons. The molecule has 0 unspecified atom stereocenters. The number of benzene rings is 7. The van der Waals surface area contributed by atoms with E-state index in [9.17, 15) is 46.8 Å². The van der Waals surface area contributed by atoms with Crippen molar-refractivity contribution in [2.75, 3.05) is 10.5 Å². The third-order valence-corrected chi connectivity index (χ3v) is 23.1. The van der Waals surface area contributed by atoms with Crippen LogP contribution in [0.1, 0.15) is 77.9 Å². The van der Waals surface area contributed by atoms with Crippen LogP contribution in [0.25, 0.3) is 33.3 Å². The average molecular weight is 1500 g/mol. The molecule has 0 spiro atoms. The zero-order chi connectivity index (χ0) is 73.8. The molecule has 0 amide bonds. The highest BCUT2D eigenvalue weighted by Gasteiger charge is 2.53. The monoisotopic (exact) mass is 1490 g/mol. The molecule has 22 nitrogen and oxygen atoms in total. The molecule has 2 fully saturated rings. The molecular formula is C68H69B2Cl2F3N10O12S4. The number of hydrogen-bond donors (Lipinski definition) is 3. The van der Waals surface area contributed by atoms with Crippen LogP contribution in [0.5, 0.6) is 0 Å². The fourth-order valence-corrected chi connectivity index (χ4v) is 14.4. The standard InChI is InChI=1S/C19H22BFO4S.C18H14FN5O2S.C13H11ClN4O2S.C12H18BNO2.C6H4ClFO2S/c1-18(2)19(3,4)25-20(24-18)15-7-5-14(6-8-15)13-26(22,23)17-11-9-16(21)10-12-17;1-11-16-17(20-10-21-18(16)23-22-11)12-2-6-14(7-3-12)24-27(25,26)15-8-4-13(19)5-9-15;1-8-3-5-10(6-4-8)21(19,20)18-13-11(9(2)17-18)12(14)15-7-16-13;1-11(2)12(3,4)16-13(15-11)9-5-7-10(14)8-6-9;7-11(9,10)6-3-1-5(8)2-4-6/h5-12H,13H2,1-4H3;2-10,24H,1H3,(H,20,21,22,23);3-7H,1-2H3;5-8H,14H2,1-4H3;1-4H. The van der Waals surface area contributed by atoms with Crippen LogP contribution in [0.4, 0.5) is 24.5 Å². The number of nitrogens with two attached hydrogens (primary N) is 1. The van der Waals surface area contributed by atoms with Gasteiger partial charge in [0.25, 0.3) is 29.1 Å². The number of rotatable bonds is 12. The summed E-state index contributed by atoms with van der Waals surface area (Å²) in [4.78, 5) is 16.4. The van der Waals surface area contributed by atoms with E-state index >= 15 is 0 Å². The maximum absolute atomic E-state index is 13.0. The zero-order valence-corrected chi connectivity index (χ0v) is 61.1. The molecule has 7 aromatic carbocycles. The van der Waals surface area contributed by atoms with E-state index < -0.39 is 74.7 Å². The molecule has 101 heavy (non-hydrogen) atoms. The van der Waals surface area contributed by atoms with Gasteiger partial charge in [-0.05, 0) is 202 Å². The maximum atomic E-state index is 13.0. The van der Waals surface area contributed by atoms with E-state index in [2.05, 4.69) is 40.0 Å². The Labute approximate surface area is 593 Å². The largest absolute Gasteiger partial charge is 0.494 e. The quantitative estimate of drug-likeness (QED) is 0.0336. The molecule has 33 heteroatoms. The first kappa shape index (κ1) is 76.6. The van der Waals surface area contributed by atoms with Crippen molar-refractivity contribution in [3.63, 3.8) is 0 Å². The van der Waals surface area contributed by atoms with Crippen LogP contribution in [0.2, 0.25) is 5.15 Å². The van der Waals surface area contributed by atoms with Crippen molar-refractivity contribution in [2.45, 2.75) is 124 Å². The number of H-pyrrole nitrogens is 1. The smallest absolute Gasteiger partial charge is 0.399 e. The van der Waals surface area contributed by atoms with Crippen molar-refractivity contribution >= 4 is 120 Å². The molecule has 6 heterocycles. The fourth-order valence-electron chi connectivity index (χ4n) is 9.69. The summed E-state index contributed by atoms with van der Waals surface area (Å²) in [5.74, 6) is -1.60. The number of aromatic nitrogens is 8. The van der Waals surface area contributed by atoms with Gasteiger partial charge in [-0.2, -0.15) is 18.6 Å². The summed E-state index contributed by atoms with van der Waals surface area (Å²) in [5.41, 5.74) is 12.4. The van der Waals surface area contributed by atoms with Crippen LogP contribution in [-0.4, -0.2) is 110 Å². The van der Waals surface area contributed by atoms with Gasteiger partial charge in [0.1, 0.15) is 35.3 Å². The molecule has 0 aliphatic carbocycles. The Morgan fingerprint density at radius 2 is 0.980 bits per heavy atom. The lowest BCUT2D eigenvalue weighted by molar-refractivity contribution is 0.00578. The number of anilines is 2. The molecule has 13 rings (SSSR count). The summed E-state index contributed by atoms with van der Waals surface area (Å²) in [6.07, 6.45) is 2.65. The maximum Gasteiger partial charge on any atom is 0.494 e. The molecule has 0 bridgehead atoms. The molecule has 11 aromatic rings. The van der Waals surface area contributed by atoms with E-state index in [1.54, 1.807) is 55.5 Å². The molecule has 0 atom stereocenters. The number of aryl methyl sites for hydroxylation is 3. The van der Waals surface area contributed by atoms with Crippen LogP contribution < -0.4 is 21.4 Å². The van der Waals surface area contributed by atoms with Crippen LogP contribution in [-0.2, 0) is 63.3 Å². The van der Waals surface area contributed by atoms with E-state index in [1.165, 1.54) is 49.1 Å². The number of fused-ring (bicyclic) bond motifs is 2. The number of sulfone groups is 1. The van der Waals surface area contributed by atoms with E-state index in [0.717, 1.165) is 91.4 Å². The second-order valence-electron chi connectivity index (χ2n) is 25.2. The lowest BCUT2D eigenvalue weighted by atomic mass is 9.79. The van der Waals surface area contributed by atoms with Crippen LogP contribution >= 0.6 is 22.3 Å². The van der Waals surface area contributed by atoms with Gasteiger partial charge in [0, 0.05) is 33.3 Å². The SMILES string of the molecule is CC1(C)OB(c2ccc(CS(=O)(=O)c3ccc(F)cc3)cc2)OC1(C)C.CC1(C)OB(c2ccc(N)cc2)OC1(C)C.Cc1[nH]nc2ncnc(-c3ccc(NS(=O)(=O)c4ccc(F)cc4)cc3)c12.Cc1ccc(S(=O)(=O)n2nc(C)c3c(Cl)ncnc32)cc1.O=S(=O)(Cl)c1ccc(F)cc1. The highest BCUT2D eigenvalue weighted by Crippen LogP contribution is 2.38. The Balaban J connectivity index is 0.000000151.